The Bertz CT molecular complexity index is 514. The van der Waals surface area contributed by atoms with Crippen molar-refractivity contribution in [1.29, 1.82) is 0 Å². The van der Waals surface area contributed by atoms with Crippen LogP contribution in [-0.2, 0) is 18.2 Å². The lowest BCUT2D eigenvalue weighted by Gasteiger charge is -2.23. The monoisotopic (exact) mass is 231 g/mol. The summed E-state index contributed by atoms with van der Waals surface area (Å²) in [4.78, 5) is 4.38. The van der Waals surface area contributed by atoms with Crippen LogP contribution in [0.15, 0.2) is 24.5 Å². The minimum Gasteiger partial charge on any atom is -0.375 e. The molecule has 0 aliphatic carbocycles. The van der Waals surface area contributed by atoms with Crippen molar-refractivity contribution in [3.63, 3.8) is 0 Å². The van der Waals surface area contributed by atoms with Crippen LogP contribution in [0.1, 0.15) is 5.56 Å². The molecule has 2 heterocycles. The van der Waals surface area contributed by atoms with Gasteiger partial charge in [0, 0.05) is 20.1 Å². The predicted molar refractivity (Wildman–Crippen MR) is 67.0 cm³/mol. The molecule has 1 aliphatic rings. The maximum absolute atomic E-state index is 5.71. The quantitative estimate of drug-likeness (QED) is 0.841. The van der Waals surface area contributed by atoms with Crippen molar-refractivity contribution in [3.05, 3.63) is 30.1 Å². The SMILES string of the molecule is Cn1cnc2cc(CC3CNCCO3)ccc21. The molecule has 1 N–H and O–H groups in total. The average Bonchev–Trinajstić information content (AvgIpc) is 2.72. The van der Waals surface area contributed by atoms with Crippen LogP contribution in [-0.4, -0.2) is 35.4 Å². The normalized spacial score (nSPS) is 20.9. The highest BCUT2D eigenvalue weighted by atomic mass is 16.5. The van der Waals surface area contributed by atoms with Gasteiger partial charge < -0.3 is 14.6 Å². The third-order valence-corrected chi connectivity index (χ3v) is 3.26. The minimum atomic E-state index is 0.296. The van der Waals surface area contributed by atoms with E-state index >= 15 is 0 Å². The summed E-state index contributed by atoms with van der Waals surface area (Å²) in [5.41, 5.74) is 3.54. The Labute approximate surface area is 101 Å². The van der Waals surface area contributed by atoms with Crippen LogP contribution >= 0.6 is 0 Å². The first-order valence-electron chi connectivity index (χ1n) is 6.05. The van der Waals surface area contributed by atoms with Crippen LogP contribution in [0.3, 0.4) is 0 Å². The van der Waals surface area contributed by atoms with Gasteiger partial charge >= 0.3 is 0 Å². The Balaban J connectivity index is 1.80. The fraction of sp³-hybridized carbons (Fsp3) is 0.462. The Hall–Kier alpha value is -1.39. The highest BCUT2D eigenvalue weighted by molar-refractivity contribution is 5.75. The van der Waals surface area contributed by atoms with Crippen LogP contribution in [0, 0.1) is 0 Å². The van der Waals surface area contributed by atoms with Crippen molar-refractivity contribution in [3.8, 4) is 0 Å². The molecule has 1 aromatic carbocycles. The summed E-state index contributed by atoms with van der Waals surface area (Å²) in [5, 5.41) is 3.35. The third kappa shape index (κ3) is 2.18. The van der Waals surface area contributed by atoms with Gasteiger partial charge in [-0.2, -0.15) is 0 Å². The van der Waals surface area contributed by atoms with E-state index < -0.39 is 0 Å². The molecule has 0 saturated carbocycles. The van der Waals surface area contributed by atoms with Crippen molar-refractivity contribution < 1.29 is 4.74 Å². The number of morpholine rings is 1. The van der Waals surface area contributed by atoms with Gasteiger partial charge in [0.1, 0.15) is 0 Å². The first-order chi connectivity index (χ1) is 8.33. The van der Waals surface area contributed by atoms with Gasteiger partial charge in [-0.3, -0.25) is 0 Å². The zero-order valence-corrected chi connectivity index (χ0v) is 10.0. The van der Waals surface area contributed by atoms with Gasteiger partial charge in [0.25, 0.3) is 0 Å². The van der Waals surface area contributed by atoms with E-state index in [0.29, 0.717) is 6.10 Å². The van der Waals surface area contributed by atoms with Crippen LogP contribution in [0.2, 0.25) is 0 Å². The number of ether oxygens (including phenoxy) is 1. The van der Waals surface area contributed by atoms with E-state index in [1.54, 1.807) is 0 Å². The smallest absolute Gasteiger partial charge is 0.0955 e. The third-order valence-electron chi connectivity index (χ3n) is 3.26. The van der Waals surface area contributed by atoms with Gasteiger partial charge in [0.2, 0.25) is 0 Å². The number of hydrogen-bond acceptors (Lipinski definition) is 3. The maximum atomic E-state index is 5.71. The molecule has 4 heteroatoms. The van der Waals surface area contributed by atoms with E-state index in [0.717, 1.165) is 31.6 Å². The Morgan fingerprint density at radius 1 is 1.53 bits per heavy atom. The van der Waals surface area contributed by atoms with Crippen LogP contribution < -0.4 is 5.32 Å². The zero-order chi connectivity index (χ0) is 11.7. The number of aryl methyl sites for hydroxylation is 1. The highest BCUT2D eigenvalue weighted by Crippen LogP contribution is 2.16. The zero-order valence-electron chi connectivity index (χ0n) is 10.0. The molecule has 0 spiro atoms. The minimum absolute atomic E-state index is 0.296. The predicted octanol–water partition coefficient (Wildman–Crippen LogP) is 1.10. The van der Waals surface area contributed by atoms with Gasteiger partial charge in [-0.1, -0.05) is 6.07 Å². The molecule has 0 bridgehead atoms. The number of rotatable bonds is 2. The fourth-order valence-corrected chi connectivity index (χ4v) is 2.32. The number of fused-ring (bicyclic) bond motifs is 1. The number of benzene rings is 1. The summed E-state index contributed by atoms with van der Waals surface area (Å²) in [5.74, 6) is 0. The second kappa shape index (κ2) is 4.47. The molecular weight excluding hydrogens is 214 g/mol. The van der Waals surface area contributed by atoms with Crippen molar-refractivity contribution in [2.75, 3.05) is 19.7 Å². The Morgan fingerprint density at radius 2 is 2.47 bits per heavy atom. The first kappa shape index (κ1) is 10.7. The molecule has 2 aromatic rings. The molecule has 3 rings (SSSR count). The van der Waals surface area contributed by atoms with E-state index in [2.05, 4.69) is 28.5 Å². The van der Waals surface area contributed by atoms with Gasteiger partial charge in [0.05, 0.1) is 30.1 Å². The lowest BCUT2D eigenvalue weighted by Crippen LogP contribution is -2.39. The number of hydrogen-bond donors (Lipinski definition) is 1. The summed E-state index contributed by atoms with van der Waals surface area (Å²) < 4.78 is 7.75. The van der Waals surface area contributed by atoms with Gasteiger partial charge in [-0.15, -0.1) is 0 Å². The summed E-state index contributed by atoms with van der Waals surface area (Å²) in [6, 6.07) is 6.46. The van der Waals surface area contributed by atoms with Crippen LogP contribution in [0.5, 0.6) is 0 Å². The number of aromatic nitrogens is 2. The van der Waals surface area contributed by atoms with E-state index in [-0.39, 0.29) is 0 Å². The van der Waals surface area contributed by atoms with E-state index in [1.807, 2.05) is 17.9 Å². The van der Waals surface area contributed by atoms with Crippen molar-refractivity contribution in [1.82, 2.24) is 14.9 Å². The molecule has 1 unspecified atom stereocenters. The Morgan fingerprint density at radius 3 is 3.29 bits per heavy atom. The summed E-state index contributed by atoms with van der Waals surface area (Å²) in [6.07, 6.45) is 3.11. The van der Waals surface area contributed by atoms with E-state index in [1.165, 1.54) is 11.1 Å². The topological polar surface area (TPSA) is 39.1 Å². The highest BCUT2D eigenvalue weighted by Gasteiger charge is 2.14. The largest absolute Gasteiger partial charge is 0.375 e. The molecule has 4 nitrogen and oxygen atoms in total. The van der Waals surface area contributed by atoms with E-state index in [4.69, 9.17) is 4.74 Å². The molecule has 1 aromatic heterocycles. The lowest BCUT2D eigenvalue weighted by molar-refractivity contribution is 0.0292. The van der Waals surface area contributed by atoms with Crippen molar-refractivity contribution in [2.45, 2.75) is 12.5 Å². The molecule has 1 fully saturated rings. The summed E-state index contributed by atoms with van der Waals surface area (Å²) in [6.45, 7) is 2.73. The van der Waals surface area contributed by atoms with Crippen LogP contribution in [0.4, 0.5) is 0 Å². The molecular formula is C13H17N3O. The molecule has 0 amide bonds. The number of imidazole rings is 1. The second-order valence-electron chi connectivity index (χ2n) is 4.58. The summed E-state index contributed by atoms with van der Waals surface area (Å²) in [7, 11) is 2.02. The molecule has 1 saturated heterocycles. The standard InChI is InChI=1S/C13H17N3O/c1-16-9-15-12-7-10(2-3-13(12)16)6-11-8-14-4-5-17-11/h2-3,7,9,11,14H,4-6,8H2,1H3. The fourth-order valence-electron chi connectivity index (χ4n) is 2.32. The molecule has 17 heavy (non-hydrogen) atoms. The first-order valence-corrected chi connectivity index (χ1v) is 6.05. The van der Waals surface area contributed by atoms with E-state index in [9.17, 15) is 0 Å². The molecule has 0 radical (unpaired) electrons. The number of nitrogens with one attached hydrogen (secondary N) is 1. The van der Waals surface area contributed by atoms with Crippen molar-refractivity contribution in [2.24, 2.45) is 7.05 Å². The average molecular weight is 231 g/mol. The molecule has 1 aliphatic heterocycles. The van der Waals surface area contributed by atoms with Crippen LogP contribution in [0.25, 0.3) is 11.0 Å². The maximum Gasteiger partial charge on any atom is 0.0955 e. The van der Waals surface area contributed by atoms with Crippen molar-refractivity contribution >= 4 is 11.0 Å². The van der Waals surface area contributed by atoms with Gasteiger partial charge in [0.15, 0.2) is 0 Å². The number of nitrogens with zero attached hydrogens (tertiary/aromatic N) is 2. The summed E-state index contributed by atoms with van der Waals surface area (Å²) >= 11 is 0. The second-order valence-corrected chi connectivity index (χ2v) is 4.58. The lowest BCUT2D eigenvalue weighted by atomic mass is 10.1. The van der Waals surface area contributed by atoms with Gasteiger partial charge in [-0.05, 0) is 24.1 Å². The van der Waals surface area contributed by atoms with Gasteiger partial charge in [-0.25, -0.2) is 4.98 Å². The molecule has 90 valence electrons. The Kier molecular flexibility index (Phi) is 2.82. The molecule has 1 atom stereocenters.